The zero-order chi connectivity index (χ0) is 20.6. The number of aldehydes is 1. The lowest BCUT2D eigenvalue weighted by atomic mass is 10.1. The van der Waals surface area contributed by atoms with Crippen LogP contribution in [0.1, 0.15) is 18.3 Å². The van der Waals surface area contributed by atoms with Gasteiger partial charge < -0.3 is 19.8 Å². The number of hydrogen-bond acceptors (Lipinski definition) is 5. The molecule has 0 bridgehead atoms. The second kappa shape index (κ2) is 10.3. The minimum Gasteiger partial charge on any atom is -0.382 e. The van der Waals surface area contributed by atoms with Crippen LogP contribution in [0.15, 0.2) is 30.5 Å². The van der Waals surface area contributed by atoms with Crippen molar-refractivity contribution in [3.05, 3.63) is 42.1 Å². The van der Waals surface area contributed by atoms with Crippen molar-refractivity contribution >= 4 is 6.29 Å². The number of nitrogens with one attached hydrogen (secondary N) is 2. The smallest absolute Gasteiger partial charge is 0.382 e. The number of hydrogen-bond donors (Lipinski definition) is 2. The summed E-state index contributed by atoms with van der Waals surface area (Å²) in [6.45, 7) is 2.00. The summed E-state index contributed by atoms with van der Waals surface area (Å²) >= 11 is 0. The second-order valence-corrected chi connectivity index (χ2v) is 6.03. The predicted octanol–water partition coefficient (Wildman–Crippen LogP) is 3.03. The Hall–Kier alpha value is -2.30. The molecular formula is C18H21F4N3O3. The van der Waals surface area contributed by atoms with Crippen LogP contribution in [0.4, 0.5) is 17.6 Å². The first-order chi connectivity index (χ1) is 13.3. The Morgan fingerprint density at radius 2 is 2.07 bits per heavy atom. The van der Waals surface area contributed by atoms with Gasteiger partial charge >= 0.3 is 6.18 Å². The van der Waals surface area contributed by atoms with E-state index in [1.807, 2.05) is 6.07 Å². The normalized spacial score (nSPS) is 19.2. The summed E-state index contributed by atoms with van der Waals surface area (Å²) in [5, 5.41) is 3.39. The second-order valence-electron chi connectivity index (χ2n) is 6.03. The molecule has 28 heavy (non-hydrogen) atoms. The molecule has 0 saturated carbocycles. The van der Waals surface area contributed by atoms with Gasteiger partial charge in [-0.3, -0.25) is 4.79 Å². The first-order valence-corrected chi connectivity index (χ1v) is 8.50. The van der Waals surface area contributed by atoms with Crippen molar-refractivity contribution in [1.29, 1.82) is 0 Å². The summed E-state index contributed by atoms with van der Waals surface area (Å²) in [6.07, 6.45) is -2.93. The number of benzene rings is 1. The number of halogens is 4. The average molecular weight is 403 g/mol. The van der Waals surface area contributed by atoms with E-state index in [1.54, 1.807) is 19.4 Å². The number of carbonyl (C=O) groups excluding carboxylic acids is 1. The average Bonchev–Trinajstić information content (AvgIpc) is 3.31. The Balaban J connectivity index is 0.000000409. The van der Waals surface area contributed by atoms with Crippen molar-refractivity contribution in [2.24, 2.45) is 0 Å². The van der Waals surface area contributed by atoms with Crippen LogP contribution < -0.4 is 5.32 Å². The van der Waals surface area contributed by atoms with Crippen molar-refractivity contribution in [3.63, 3.8) is 0 Å². The molecule has 0 aliphatic carbocycles. The van der Waals surface area contributed by atoms with E-state index in [0.29, 0.717) is 13.2 Å². The molecule has 0 spiro atoms. The lowest BCUT2D eigenvalue weighted by Gasteiger charge is -2.10. The molecule has 1 aliphatic rings. The molecular weight excluding hydrogens is 382 g/mol. The third-order valence-corrected chi connectivity index (χ3v) is 3.93. The van der Waals surface area contributed by atoms with E-state index in [4.69, 9.17) is 14.3 Å². The lowest BCUT2D eigenvalue weighted by molar-refractivity contribution is -0.156. The zero-order valence-electron chi connectivity index (χ0n) is 15.1. The topological polar surface area (TPSA) is 76.2 Å². The van der Waals surface area contributed by atoms with Crippen molar-refractivity contribution < 1.29 is 31.8 Å². The van der Waals surface area contributed by atoms with Crippen molar-refractivity contribution in [2.45, 2.75) is 24.7 Å². The highest BCUT2D eigenvalue weighted by atomic mass is 19.4. The number of alkyl halides is 3. The van der Waals surface area contributed by atoms with Crippen LogP contribution >= 0.6 is 0 Å². The fourth-order valence-corrected chi connectivity index (χ4v) is 2.65. The number of rotatable bonds is 6. The molecule has 1 saturated heterocycles. The van der Waals surface area contributed by atoms with Gasteiger partial charge in [-0.05, 0) is 18.6 Å². The molecule has 3 rings (SSSR count). The van der Waals surface area contributed by atoms with Gasteiger partial charge in [0.25, 0.3) is 0 Å². The number of nitrogens with zero attached hydrogens (tertiary/aromatic N) is 1. The maximum atomic E-state index is 13.3. The molecule has 2 N–H and O–H groups in total. The maximum Gasteiger partial charge on any atom is 0.446 e. The van der Waals surface area contributed by atoms with E-state index in [-0.39, 0.29) is 18.0 Å². The van der Waals surface area contributed by atoms with Crippen LogP contribution in [0.2, 0.25) is 0 Å². The van der Waals surface area contributed by atoms with Crippen LogP contribution in [0.3, 0.4) is 0 Å². The van der Waals surface area contributed by atoms with Crippen molar-refractivity contribution in [3.8, 4) is 11.3 Å². The molecule has 0 radical (unpaired) electrons. The summed E-state index contributed by atoms with van der Waals surface area (Å²) in [5.41, 5.74) is 1.62. The van der Waals surface area contributed by atoms with E-state index in [0.717, 1.165) is 30.0 Å². The molecule has 1 aliphatic heterocycles. The summed E-state index contributed by atoms with van der Waals surface area (Å²) in [7, 11) is 1.66. The summed E-state index contributed by atoms with van der Waals surface area (Å²) < 4.78 is 55.2. The Morgan fingerprint density at radius 1 is 1.32 bits per heavy atom. The molecule has 2 aromatic rings. The molecule has 2 atom stereocenters. The lowest BCUT2D eigenvalue weighted by Crippen LogP contribution is -2.19. The molecule has 2 heterocycles. The molecule has 154 valence electrons. The van der Waals surface area contributed by atoms with Gasteiger partial charge in [0.2, 0.25) is 6.29 Å². The van der Waals surface area contributed by atoms with Crippen molar-refractivity contribution in [2.75, 3.05) is 26.9 Å². The van der Waals surface area contributed by atoms with Gasteiger partial charge in [0, 0.05) is 19.2 Å². The van der Waals surface area contributed by atoms with E-state index in [1.165, 1.54) is 12.1 Å². The Labute approximate surface area is 159 Å². The third kappa shape index (κ3) is 7.02. The van der Waals surface area contributed by atoms with Crippen LogP contribution in [0.5, 0.6) is 0 Å². The van der Waals surface area contributed by atoms with E-state index in [2.05, 4.69) is 15.3 Å². The quantitative estimate of drug-likeness (QED) is 0.441. The van der Waals surface area contributed by atoms with Gasteiger partial charge in [0.15, 0.2) is 0 Å². The minimum atomic E-state index is -4.64. The molecule has 0 amide bonds. The fraction of sp³-hybridized carbons (Fsp3) is 0.444. The highest BCUT2D eigenvalue weighted by molar-refractivity contribution is 5.58. The standard InChI is InChI=1S/C16H20FN3O2.C2HF3O/c1-21-5-6-22-13-8-14(18-9-13)16-19-10-15(20-16)11-3-2-4-12(17)7-11;3-2(4,5)1-6/h2-4,7,10,13-14,18H,5-6,8-9H2,1H3,(H,19,20);1H/t13-,14+;/m1./s1. The molecule has 1 aromatic heterocycles. The number of methoxy groups -OCH3 is 1. The monoisotopic (exact) mass is 403 g/mol. The molecule has 6 nitrogen and oxygen atoms in total. The number of carbonyl (C=O) groups is 1. The van der Waals surface area contributed by atoms with Crippen LogP contribution in [0.25, 0.3) is 11.3 Å². The van der Waals surface area contributed by atoms with Crippen molar-refractivity contribution in [1.82, 2.24) is 15.3 Å². The SMILES string of the molecule is COCCO[C@H]1CN[C@H](c2ncc(-c3cccc(F)c3)[nH]2)C1.O=CC(F)(F)F. The highest BCUT2D eigenvalue weighted by Gasteiger charge is 2.28. The first kappa shape index (κ1) is 22.0. The van der Waals surface area contributed by atoms with Gasteiger partial charge in [0.05, 0.1) is 37.3 Å². The van der Waals surface area contributed by atoms with Gasteiger partial charge in [0.1, 0.15) is 11.6 Å². The summed E-state index contributed by atoms with van der Waals surface area (Å²) in [4.78, 5) is 16.4. The molecule has 1 fully saturated rings. The van der Waals surface area contributed by atoms with Crippen LogP contribution in [-0.4, -0.2) is 55.4 Å². The number of aromatic amines is 1. The van der Waals surface area contributed by atoms with E-state index >= 15 is 0 Å². The minimum absolute atomic E-state index is 0.134. The van der Waals surface area contributed by atoms with Crippen LogP contribution in [-0.2, 0) is 14.3 Å². The fourth-order valence-electron chi connectivity index (χ4n) is 2.65. The van der Waals surface area contributed by atoms with Gasteiger partial charge in [-0.2, -0.15) is 13.2 Å². The maximum absolute atomic E-state index is 13.3. The predicted molar refractivity (Wildman–Crippen MR) is 93.1 cm³/mol. The zero-order valence-corrected chi connectivity index (χ0v) is 15.1. The van der Waals surface area contributed by atoms with E-state index < -0.39 is 12.5 Å². The van der Waals surface area contributed by atoms with Gasteiger partial charge in [-0.1, -0.05) is 12.1 Å². The Kier molecular flexibility index (Phi) is 8.09. The molecule has 1 aromatic carbocycles. The number of aromatic nitrogens is 2. The van der Waals surface area contributed by atoms with Gasteiger partial charge in [-0.15, -0.1) is 0 Å². The highest BCUT2D eigenvalue weighted by Crippen LogP contribution is 2.25. The third-order valence-electron chi connectivity index (χ3n) is 3.93. The molecule has 10 heteroatoms. The summed E-state index contributed by atoms with van der Waals surface area (Å²) in [6, 6.07) is 6.62. The number of ether oxygens (including phenoxy) is 2. The Morgan fingerprint density at radius 3 is 2.71 bits per heavy atom. The summed E-state index contributed by atoms with van der Waals surface area (Å²) in [5.74, 6) is 0.608. The largest absolute Gasteiger partial charge is 0.446 e. The van der Waals surface area contributed by atoms with E-state index in [9.17, 15) is 17.6 Å². The number of imidazole rings is 1. The molecule has 0 unspecified atom stereocenters. The number of H-pyrrole nitrogens is 1. The van der Waals surface area contributed by atoms with Crippen LogP contribution in [0, 0.1) is 5.82 Å². The van der Waals surface area contributed by atoms with Gasteiger partial charge in [-0.25, -0.2) is 9.37 Å². The Bertz CT molecular complexity index is 752. The first-order valence-electron chi connectivity index (χ1n) is 8.50.